The highest BCUT2D eigenvalue weighted by Gasteiger charge is 2.05. The first-order valence-electron chi connectivity index (χ1n) is 6.95. The molecule has 2 nitrogen and oxygen atoms in total. The molecule has 20 heavy (non-hydrogen) atoms. The summed E-state index contributed by atoms with van der Waals surface area (Å²) in [6.07, 6.45) is 1.11. The van der Waals surface area contributed by atoms with E-state index >= 15 is 0 Å². The molecule has 0 atom stereocenters. The first-order valence-corrected chi connectivity index (χ1v) is 7.33. The van der Waals surface area contributed by atoms with Gasteiger partial charge in [0, 0.05) is 17.1 Å². The molecule has 2 aromatic rings. The Morgan fingerprint density at radius 1 is 1.10 bits per heavy atom. The van der Waals surface area contributed by atoms with Crippen molar-refractivity contribution in [1.82, 2.24) is 5.32 Å². The molecular formula is C17H20ClNO. The van der Waals surface area contributed by atoms with Gasteiger partial charge in [-0.15, -0.1) is 0 Å². The summed E-state index contributed by atoms with van der Waals surface area (Å²) < 4.78 is 5.91. The van der Waals surface area contributed by atoms with E-state index in [2.05, 4.69) is 24.4 Å². The lowest BCUT2D eigenvalue weighted by atomic mass is 10.2. The molecule has 0 aliphatic carbocycles. The molecule has 0 saturated carbocycles. The van der Waals surface area contributed by atoms with Gasteiger partial charge in [0.2, 0.25) is 0 Å². The minimum absolute atomic E-state index is 0.573. The van der Waals surface area contributed by atoms with Crippen LogP contribution in [0, 0.1) is 0 Å². The van der Waals surface area contributed by atoms with Gasteiger partial charge in [-0.2, -0.15) is 0 Å². The quantitative estimate of drug-likeness (QED) is 0.762. The van der Waals surface area contributed by atoms with Gasteiger partial charge < -0.3 is 10.1 Å². The molecule has 0 saturated heterocycles. The molecule has 1 N–H and O–H groups in total. The molecule has 0 aromatic heterocycles. The van der Waals surface area contributed by atoms with E-state index in [-0.39, 0.29) is 0 Å². The number of halogens is 1. The van der Waals surface area contributed by atoms with Gasteiger partial charge in [-0.3, -0.25) is 0 Å². The smallest absolute Gasteiger partial charge is 0.124 e. The number of benzene rings is 2. The first-order chi connectivity index (χ1) is 9.79. The van der Waals surface area contributed by atoms with E-state index < -0.39 is 0 Å². The highest BCUT2D eigenvalue weighted by molar-refractivity contribution is 6.30. The van der Waals surface area contributed by atoms with Crippen LogP contribution in [0.5, 0.6) is 5.75 Å². The predicted molar refractivity (Wildman–Crippen MR) is 84.2 cm³/mol. The van der Waals surface area contributed by atoms with Crippen LogP contribution in [0.4, 0.5) is 0 Å². The average molecular weight is 290 g/mol. The standard InChI is InChI=1S/C17H20ClNO/c1-2-10-19-12-15-11-16(18)8-9-17(15)20-13-14-6-4-3-5-7-14/h3-9,11,19H,2,10,12-13H2,1H3. The van der Waals surface area contributed by atoms with Crippen molar-refractivity contribution in [2.24, 2.45) is 0 Å². The summed E-state index contributed by atoms with van der Waals surface area (Å²) in [6, 6.07) is 15.9. The van der Waals surface area contributed by atoms with Crippen LogP contribution in [-0.2, 0) is 13.2 Å². The Kier molecular flexibility index (Phi) is 5.90. The molecule has 0 heterocycles. The lowest BCUT2D eigenvalue weighted by Crippen LogP contribution is -2.14. The number of hydrogen-bond donors (Lipinski definition) is 1. The van der Waals surface area contributed by atoms with Gasteiger partial charge in [0.1, 0.15) is 12.4 Å². The van der Waals surface area contributed by atoms with E-state index in [1.54, 1.807) is 0 Å². The van der Waals surface area contributed by atoms with Crippen molar-refractivity contribution >= 4 is 11.6 Å². The molecule has 0 aliphatic rings. The third kappa shape index (κ3) is 4.55. The normalized spacial score (nSPS) is 10.5. The zero-order chi connectivity index (χ0) is 14.2. The Morgan fingerprint density at radius 3 is 2.65 bits per heavy atom. The van der Waals surface area contributed by atoms with Crippen molar-refractivity contribution in [3.05, 3.63) is 64.7 Å². The summed E-state index contributed by atoms with van der Waals surface area (Å²) in [5.74, 6) is 0.891. The van der Waals surface area contributed by atoms with Gasteiger partial charge in [-0.05, 0) is 36.7 Å². The average Bonchev–Trinajstić information content (AvgIpc) is 2.48. The molecule has 0 fully saturated rings. The molecular weight excluding hydrogens is 270 g/mol. The summed E-state index contributed by atoms with van der Waals surface area (Å²) >= 11 is 6.06. The molecule has 3 heteroatoms. The molecule has 2 rings (SSSR count). The Hall–Kier alpha value is -1.51. The third-order valence-corrected chi connectivity index (χ3v) is 3.24. The maximum absolute atomic E-state index is 6.06. The first kappa shape index (κ1) is 14.9. The van der Waals surface area contributed by atoms with E-state index in [0.717, 1.165) is 41.4 Å². The summed E-state index contributed by atoms with van der Waals surface area (Å²) in [6.45, 7) is 4.49. The second kappa shape index (κ2) is 7.93. The van der Waals surface area contributed by atoms with Gasteiger partial charge in [0.25, 0.3) is 0 Å². The van der Waals surface area contributed by atoms with Crippen LogP contribution in [0.15, 0.2) is 48.5 Å². The number of hydrogen-bond acceptors (Lipinski definition) is 2. The molecule has 0 radical (unpaired) electrons. The summed E-state index contributed by atoms with van der Waals surface area (Å²) in [7, 11) is 0. The zero-order valence-electron chi connectivity index (χ0n) is 11.7. The van der Waals surface area contributed by atoms with Crippen molar-refractivity contribution in [3.8, 4) is 5.75 Å². The topological polar surface area (TPSA) is 21.3 Å². The van der Waals surface area contributed by atoms with Gasteiger partial charge >= 0.3 is 0 Å². The predicted octanol–water partition coefficient (Wildman–Crippen LogP) is 4.42. The molecule has 2 aromatic carbocycles. The maximum Gasteiger partial charge on any atom is 0.124 e. The van der Waals surface area contributed by atoms with E-state index in [0.29, 0.717) is 6.61 Å². The lowest BCUT2D eigenvalue weighted by molar-refractivity contribution is 0.302. The fraction of sp³-hybridized carbons (Fsp3) is 0.294. The maximum atomic E-state index is 6.06. The Labute approximate surface area is 125 Å². The molecule has 0 bridgehead atoms. The third-order valence-electron chi connectivity index (χ3n) is 3.00. The Balaban J connectivity index is 2.02. The van der Waals surface area contributed by atoms with Gasteiger partial charge in [-0.1, -0.05) is 48.9 Å². The molecule has 106 valence electrons. The summed E-state index contributed by atoms with van der Waals surface area (Å²) in [5.41, 5.74) is 2.26. The van der Waals surface area contributed by atoms with E-state index in [9.17, 15) is 0 Å². The van der Waals surface area contributed by atoms with E-state index in [4.69, 9.17) is 16.3 Å². The van der Waals surface area contributed by atoms with E-state index in [1.807, 2.05) is 36.4 Å². The van der Waals surface area contributed by atoms with Gasteiger partial charge in [0.05, 0.1) is 0 Å². The minimum atomic E-state index is 0.573. The fourth-order valence-electron chi connectivity index (χ4n) is 1.96. The van der Waals surface area contributed by atoms with Crippen LogP contribution in [0.2, 0.25) is 5.02 Å². The largest absolute Gasteiger partial charge is 0.489 e. The van der Waals surface area contributed by atoms with Crippen molar-refractivity contribution in [1.29, 1.82) is 0 Å². The molecule has 0 unspecified atom stereocenters. The second-order valence-corrected chi connectivity index (χ2v) is 5.14. The second-order valence-electron chi connectivity index (χ2n) is 4.70. The van der Waals surface area contributed by atoms with Crippen molar-refractivity contribution in [2.75, 3.05) is 6.54 Å². The monoisotopic (exact) mass is 289 g/mol. The summed E-state index contributed by atoms with van der Waals surface area (Å²) in [5, 5.41) is 4.12. The van der Waals surface area contributed by atoms with Crippen LogP contribution < -0.4 is 10.1 Å². The van der Waals surface area contributed by atoms with Crippen molar-refractivity contribution in [2.45, 2.75) is 26.5 Å². The number of rotatable bonds is 7. The Morgan fingerprint density at radius 2 is 1.90 bits per heavy atom. The fourth-order valence-corrected chi connectivity index (χ4v) is 2.16. The van der Waals surface area contributed by atoms with Crippen molar-refractivity contribution < 1.29 is 4.74 Å². The molecule has 0 aliphatic heterocycles. The SMILES string of the molecule is CCCNCc1cc(Cl)ccc1OCc1ccccc1. The minimum Gasteiger partial charge on any atom is -0.489 e. The highest BCUT2D eigenvalue weighted by Crippen LogP contribution is 2.23. The molecule has 0 spiro atoms. The van der Waals surface area contributed by atoms with Crippen LogP contribution in [-0.4, -0.2) is 6.54 Å². The van der Waals surface area contributed by atoms with E-state index in [1.165, 1.54) is 0 Å². The van der Waals surface area contributed by atoms with Crippen LogP contribution >= 0.6 is 11.6 Å². The summed E-state index contributed by atoms with van der Waals surface area (Å²) in [4.78, 5) is 0. The van der Waals surface area contributed by atoms with Crippen LogP contribution in [0.1, 0.15) is 24.5 Å². The number of nitrogens with one attached hydrogen (secondary N) is 1. The highest BCUT2D eigenvalue weighted by atomic mass is 35.5. The number of ether oxygens (including phenoxy) is 1. The lowest BCUT2D eigenvalue weighted by Gasteiger charge is -2.12. The van der Waals surface area contributed by atoms with Crippen LogP contribution in [0.25, 0.3) is 0 Å². The van der Waals surface area contributed by atoms with Gasteiger partial charge in [0.15, 0.2) is 0 Å². The van der Waals surface area contributed by atoms with Crippen molar-refractivity contribution in [3.63, 3.8) is 0 Å². The zero-order valence-corrected chi connectivity index (χ0v) is 12.5. The molecule has 0 amide bonds. The van der Waals surface area contributed by atoms with Crippen LogP contribution in [0.3, 0.4) is 0 Å². The Bertz CT molecular complexity index is 528. The van der Waals surface area contributed by atoms with Gasteiger partial charge in [-0.25, -0.2) is 0 Å².